The van der Waals surface area contributed by atoms with Crippen molar-refractivity contribution in [3.05, 3.63) is 77.4 Å². The summed E-state index contributed by atoms with van der Waals surface area (Å²) in [6, 6.07) is 19.8. The van der Waals surface area contributed by atoms with Crippen LogP contribution in [0.4, 0.5) is 5.69 Å². The van der Waals surface area contributed by atoms with Crippen molar-refractivity contribution in [1.29, 1.82) is 0 Å². The molecule has 1 saturated carbocycles. The summed E-state index contributed by atoms with van der Waals surface area (Å²) in [5.74, 6) is 0.468. The lowest BCUT2D eigenvalue weighted by Crippen LogP contribution is -2.32. The van der Waals surface area contributed by atoms with E-state index in [0.29, 0.717) is 41.9 Å². The number of aryl methyl sites for hydroxylation is 1. The highest BCUT2D eigenvalue weighted by Crippen LogP contribution is 2.41. The second-order valence-corrected chi connectivity index (χ2v) is 11.5. The molecule has 1 fully saturated rings. The number of nitrogens with one attached hydrogen (secondary N) is 1. The predicted octanol–water partition coefficient (Wildman–Crippen LogP) is 7.94. The number of ketones is 1. The minimum Gasteiger partial charge on any atom is -0.455 e. The average Bonchev–Trinajstić information content (AvgIpc) is 3.61. The summed E-state index contributed by atoms with van der Waals surface area (Å²) >= 11 is 0. The number of carbonyl (C=O) groups is 2. The maximum Gasteiger partial charge on any atom is 0.251 e. The van der Waals surface area contributed by atoms with Gasteiger partial charge in [-0.05, 0) is 63.8 Å². The van der Waals surface area contributed by atoms with Crippen LogP contribution in [0.2, 0.25) is 0 Å². The van der Waals surface area contributed by atoms with Crippen LogP contribution >= 0.6 is 0 Å². The molecule has 5 rings (SSSR count). The first-order valence-electron chi connectivity index (χ1n) is 15.3. The first kappa shape index (κ1) is 29.6. The molecule has 4 aromatic rings. The Morgan fingerprint density at radius 3 is 2.33 bits per heavy atom. The van der Waals surface area contributed by atoms with Gasteiger partial charge < -0.3 is 19.7 Å². The molecule has 42 heavy (non-hydrogen) atoms. The Morgan fingerprint density at radius 2 is 1.67 bits per heavy atom. The number of rotatable bonds is 11. The van der Waals surface area contributed by atoms with E-state index in [-0.39, 0.29) is 11.7 Å². The molecular weight excluding hydrogens is 524 g/mol. The molecule has 3 aromatic carbocycles. The Hall–Kier alpha value is -3.90. The highest BCUT2D eigenvalue weighted by atomic mass is 16.3. The summed E-state index contributed by atoms with van der Waals surface area (Å²) in [5.41, 5.74) is 6.04. The van der Waals surface area contributed by atoms with Crippen molar-refractivity contribution in [3.8, 4) is 22.5 Å². The molecule has 0 spiro atoms. The Bertz CT molecular complexity index is 1570. The third-order valence-electron chi connectivity index (χ3n) is 8.67. The Labute approximate surface area is 248 Å². The number of hydrogen-bond donors (Lipinski definition) is 2. The van der Waals surface area contributed by atoms with E-state index in [0.717, 1.165) is 72.1 Å². The van der Waals surface area contributed by atoms with Crippen LogP contribution < -0.4 is 10.2 Å². The first-order chi connectivity index (χ1) is 20.3. The molecule has 2 N–H and O–H groups in total. The summed E-state index contributed by atoms with van der Waals surface area (Å²) in [5, 5.41) is 14.4. The fraction of sp³-hybridized carbons (Fsp3) is 0.389. The molecule has 1 heterocycles. The van der Waals surface area contributed by atoms with Crippen LogP contribution in [0.25, 0.3) is 33.4 Å². The van der Waals surface area contributed by atoms with Crippen molar-refractivity contribution in [2.75, 3.05) is 24.5 Å². The molecule has 1 aliphatic rings. The van der Waals surface area contributed by atoms with E-state index in [2.05, 4.69) is 30.1 Å². The van der Waals surface area contributed by atoms with E-state index in [1.165, 1.54) is 0 Å². The van der Waals surface area contributed by atoms with Gasteiger partial charge in [-0.1, -0.05) is 61.7 Å². The SMILES string of the molecule is CCC(=O)c1c(-c2ccc(C)cc2)oc2cc(N(CC)CC)c(-c3cccc(C(=O)NCCC4(O)CCCC4)c3)cc12. The molecule has 0 atom stereocenters. The maximum absolute atomic E-state index is 13.3. The maximum atomic E-state index is 13.3. The number of furan rings is 1. The molecule has 220 valence electrons. The van der Waals surface area contributed by atoms with Crippen LogP contribution in [-0.4, -0.2) is 42.0 Å². The molecule has 6 heteroatoms. The monoisotopic (exact) mass is 566 g/mol. The second-order valence-electron chi connectivity index (χ2n) is 11.5. The van der Waals surface area contributed by atoms with E-state index in [1.807, 2.05) is 68.4 Å². The van der Waals surface area contributed by atoms with Crippen LogP contribution in [0.1, 0.15) is 85.6 Å². The molecule has 1 amide bonds. The van der Waals surface area contributed by atoms with Crippen molar-refractivity contribution in [3.63, 3.8) is 0 Å². The van der Waals surface area contributed by atoms with Gasteiger partial charge in [0.2, 0.25) is 0 Å². The number of aliphatic hydroxyl groups is 1. The number of carbonyl (C=O) groups excluding carboxylic acids is 2. The molecule has 1 aliphatic carbocycles. The largest absolute Gasteiger partial charge is 0.455 e. The van der Waals surface area contributed by atoms with Gasteiger partial charge in [0.1, 0.15) is 11.3 Å². The standard InChI is InChI=1S/C36H42N2O4/c1-5-31(39)33-29-22-28(26-11-10-12-27(21-26)35(40)37-20-19-36(41)17-8-9-18-36)30(38(6-2)7-3)23-32(29)42-34(33)25-15-13-24(4)14-16-25/h10-16,21-23,41H,5-9,17-20H2,1-4H3,(H,37,40). The summed E-state index contributed by atoms with van der Waals surface area (Å²) in [7, 11) is 0. The van der Waals surface area contributed by atoms with Crippen LogP contribution in [0.15, 0.2) is 65.1 Å². The van der Waals surface area contributed by atoms with Crippen LogP contribution in [0.3, 0.4) is 0 Å². The number of hydrogen-bond acceptors (Lipinski definition) is 5. The highest BCUT2D eigenvalue weighted by Gasteiger charge is 2.30. The zero-order valence-corrected chi connectivity index (χ0v) is 25.3. The summed E-state index contributed by atoms with van der Waals surface area (Å²) in [6.45, 7) is 10.2. The summed E-state index contributed by atoms with van der Waals surface area (Å²) in [4.78, 5) is 28.8. The lowest BCUT2D eigenvalue weighted by atomic mass is 9.95. The number of fused-ring (bicyclic) bond motifs is 1. The molecular formula is C36H42N2O4. The zero-order valence-electron chi connectivity index (χ0n) is 25.3. The topological polar surface area (TPSA) is 82.8 Å². The number of benzene rings is 3. The van der Waals surface area contributed by atoms with Crippen molar-refractivity contribution in [2.24, 2.45) is 0 Å². The van der Waals surface area contributed by atoms with Crippen LogP contribution in [0.5, 0.6) is 0 Å². The van der Waals surface area contributed by atoms with Gasteiger partial charge in [0.25, 0.3) is 5.91 Å². The van der Waals surface area contributed by atoms with Gasteiger partial charge in [0.15, 0.2) is 5.78 Å². The Balaban J connectivity index is 1.57. The van der Waals surface area contributed by atoms with Gasteiger partial charge in [0.05, 0.1) is 11.2 Å². The smallest absolute Gasteiger partial charge is 0.251 e. The molecule has 0 bridgehead atoms. The molecule has 0 unspecified atom stereocenters. The number of nitrogens with zero attached hydrogens (tertiary/aromatic N) is 1. The van der Waals surface area contributed by atoms with Crippen molar-refractivity contribution >= 4 is 28.3 Å². The predicted molar refractivity (Wildman–Crippen MR) is 170 cm³/mol. The van der Waals surface area contributed by atoms with Gasteiger partial charge in [-0.15, -0.1) is 0 Å². The van der Waals surface area contributed by atoms with Crippen molar-refractivity contribution in [1.82, 2.24) is 5.32 Å². The van der Waals surface area contributed by atoms with Gasteiger partial charge in [-0.25, -0.2) is 0 Å². The van der Waals surface area contributed by atoms with Gasteiger partial charge in [-0.3, -0.25) is 9.59 Å². The normalized spacial score (nSPS) is 14.3. The van der Waals surface area contributed by atoms with Crippen LogP contribution in [-0.2, 0) is 0 Å². The van der Waals surface area contributed by atoms with E-state index < -0.39 is 5.60 Å². The van der Waals surface area contributed by atoms with Crippen molar-refractivity contribution < 1.29 is 19.1 Å². The lowest BCUT2D eigenvalue weighted by Gasteiger charge is -2.24. The van der Waals surface area contributed by atoms with E-state index in [4.69, 9.17) is 4.42 Å². The fourth-order valence-corrected chi connectivity index (χ4v) is 6.17. The van der Waals surface area contributed by atoms with E-state index in [1.54, 1.807) is 0 Å². The second kappa shape index (κ2) is 12.5. The average molecular weight is 567 g/mol. The highest BCUT2D eigenvalue weighted by molar-refractivity contribution is 6.13. The minimum absolute atomic E-state index is 0.0305. The van der Waals surface area contributed by atoms with Gasteiger partial charge >= 0.3 is 0 Å². The third-order valence-corrected chi connectivity index (χ3v) is 8.67. The fourth-order valence-electron chi connectivity index (χ4n) is 6.17. The lowest BCUT2D eigenvalue weighted by molar-refractivity contribution is 0.0389. The van der Waals surface area contributed by atoms with E-state index >= 15 is 0 Å². The number of amides is 1. The van der Waals surface area contributed by atoms with Crippen LogP contribution in [0, 0.1) is 6.92 Å². The quantitative estimate of drug-likeness (QED) is 0.180. The Kier molecular flexibility index (Phi) is 8.83. The molecule has 0 aliphatic heterocycles. The van der Waals surface area contributed by atoms with E-state index in [9.17, 15) is 14.7 Å². The minimum atomic E-state index is -0.654. The van der Waals surface area contributed by atoms with Gasteiger partial charge in [-0.2, -0.15) is 0 Å². The summed E-state index contributed by atoms with van der Waals surface area (Å²) in [6.07, 6.45) is 4.62. The van der Waals surface area contributed by atoms with Crippen molar-refractivity contribution in [2.45, 2.75) is 71.8 Å². The molecule has 6 nitrogen and oxygen atoms in total. The zero-order chi connectivity index (χ0) is 29.9. The first-order valence-corrected chi connectivity index (χ1v) is 15.3. The summed E-state index contributed by atoms with van der Waals surface area (Å²) < 4.78 is 6.44. The number of anilines is 1. The molecule has 1 aromatic heterocycles. The van der Waals surface area contributed by atoms with Gasteiger partial charge in [0, 0.05) is 59.9 Å². The molecule has 0 radical (unpaired) electrons. The third kappa shape index (κ3) is 6.00. The Morgan fingerprint density at radius 1 is 0.952 bits per heavy atom. The number of Topliss-reactive ketones (excluding diaryl/α,β-unsaturated/α-hetero) is 1. The molecule has 0 saturated heterocycles.